The average molecular weight is 285 g/mol. The van der Waals surface area contributed by atoms with Gasteiger partial charge in [-0.15, -0.1) is 0 Å². The monoisotopic (exact) mass is 285 g/mol. The number of nitrogens with one attached hydrogen (secondary N) is 1. The van der Waals surface area contributed by atoms with Gasteiger partial charge < -0.3 is 15.2 Å². The summed E-state index contributed by atoms with van der Waals surface area (Å²) in [4.78, 5) is 25.3. The second-order valence-corrected chi connectivity index (χ2v) is 4.76. The highest BCUT2D eigenvalue weighted by atomic mass is 16.4. The van der Waals surface area contributed by atoms with Crippen molar-refractivity contribution < 1.29 is 19.8 Å². The predicted molar refractivity (Wildman–Crippen MR) is 77.5 cm³/mol. The summed E-state index contributed by atoms with van der Waals surface area (Å²) < 4.78 is 0. The molecule has 0 saturated carbocycles. The zero-order valence-electron chi connectivity index (χ0n) is 11.5. The van der Waals surface area contributed by atoms with E-state index in [1.165, 1.54) is 6.20 Å². The molecule has 0 unspecified atom stereocenters. The summed E-state index contributed by atoms with van der Waals surface area (Å²) in [6.07, 6.45) is 4.45. The number of carbonyl (C=O) groups excluding carboxylic acids is 1. The number of aromatic amines is 1. The number of hydrogen-bond donors (Lipinski definition) is 3. The zero-order valence-corrected chi connectivity index (χ0v) is 11.5. The van der Waals surface area contributed by atoms with Gasteiger partial charge in [-0.1, -0.05) is 29.8 Å². The number of ketones is 1. The minimum atomic E-state index is -1.53. The van der Waals surface area contributed by atoms with Crippen molar-refractivity contribution in [1.82, 2.24) is 4.98 Å². The topological polar surface area (TPSA) is 90.4 Å². The Morgan fingerprint density at radius 2 is 1.81 bits per heavy atom. The zero-order chi connectivity index (χ0) is 15.4. The molecule has 0 fully saturated rings. The number of H-pyrrole nitrogens is 1. The van der Waals surface area contributed by atoms with Crippen LogP contribution >= 0.6 is 0 Å². The largest absolute Gasteiger partial charge is 0.502 e. The van der Waals surface area contributed by atoms with E-state index in [0.717, 1.165) is 16.7 Å². The highest BCUT2D eigenvalue weighted by Crippen LogP contribution is 2.16. The lowest BCUT2D eigenvalue weighted by molar-refractivity contribution is -0.135. The lowest BCUT2D eigenvalue weighted by Gasteiger charge is -2.03. The summed E-state index contributed by atoms with van der Waals surface area (Å²) in [6, 6.07) is 7.92. The molecule has 0 radical (unpaired) electrons. The van der Waals surface area contributed by atoms with Gasteiger partial charge in [-0.25, -0.2) is 4.79 Å². The summed E-state index contributed by atoms with van der Waals surface area (Å²) in [7, 11) is 0. The van der Waals surface area contributed by atoms with Crippen molar-refractivity contribution in [3.05, 3.63) is 70.7 Å². The maximum Gasteiger partial charge on any atom is 0.371 e. The molecule has 3 N–H and O–H groups in total. The summed E-state index contributed by atoms with van der Waals surface area (Å²) >= 11 is 0. The van der Waals surface area contributed by atoms with Crippen LogP contribution in [-0.2, 0) is 11.2 Å². The molecule has 5 nitrogen and oxygen atoms in total. The van der Waals surface area contributed by atoms with E-state index in [4.69, 9.17) is 10.2 Å². The molecule has 0 aliphatic rings. The standard InChI is InChI=1S/C16H15NO4/c1-10-2-4-11(5-3-10)6-12-8-17-9-13(12)14(18)7-15(19)16(20)21/h2-5,7-9,17,19H,6H2,1H3,(H,20,21)/b15-7-. The Kier molecular flexibility index (Phi) is 4.23. The number of rotatable bonds is 5. The molecule has 21 heavy (non-hydrogen) atoms. The van der Waals surface area contributed by atoms with Crippen LogP contribution in [0.3, 0.4) is 0 Å². The SMILES string of the molecule is Cc1ccc(Cc2c[nH]cc2C(=O)/C=C(\O)C(=O)O)cc1. The third-order valence-corrected chi connectivity index (χ3v) is 3.10. The van der Waals surface area contributed by atoms with Crippen molar-refractivity contribution in [2.75, 3.05) is 0 Å². The number of hydrogen-bond acceptors (Lipinski definition) is 3. The second kappa shape index (κ2) is 6.09. The van der Waals surface area contributed by atoms with E-state index in [-0.39, 0.29) is 0 Å². The fourth-order valence-corrected chi connectivity index (χ4v) is 1.96. The number of allylic oxidation sites excluding steroid dienone is 1. The van der Waals surface area contributed by atoms with Crippen molar-refractivity contribution in [3.8, 4) is 0 Å². The molecule has 1 aromatic heterocycles. The van der Waals surface area contributed by atoms with E-state index in [1.807, 2.05) is 31.2 Å². The number of benzene rings is 1. The van der Waals surface area contributed by atoms with Crippen LogP contribution in [0.25, 0.3) is 0 Å². The molecule has 1 heterocycles. The Morgan fingerprint density at radius 1 is 1.14 bits per heavy atom. The molecule has 108 valence electrons. The molecule has 2 rings (SSSR count). The van der Waals surface area contributed by atoms with Gasteiger partial charge in [-0.2, -0.15) is 0 Å². The van der Waals surface area contributed by atoms with Gasteiger partial charge in [-0.05, 0) is 24.5 Å². The molecule has 0 bridgehead atoms. The number of carbonyl (C=O) groups is 2. The van der Waals surface area contributed by atoms with Crippen molar-refractivity contribution in [1.29, 1.82) is 0 Å². The molecule has 0 atom stereocenters. The third-order valence-electron chi connectivity index (χ3n) is 3.10. The molecule has 5 heteroatoms. The van der Waals surface area contributed by atoms with Crippen LogP contribution in [0.5, 0.6) is 0 Å². The van der Waals surface area contributed by atoms with Gasteiger partial charge in [0.05, 0.1) is 0 Å². The van der Waals surface area contributed by atoms with E-state index in [1.54, 1.807) is 6.20 Å². The van der Waals surface area contributed by atoms with Crippen molar-refractivity contribution in [2.24, 2.45) is 0 Å². The first-order chi connectivity index (χ1) is 9.97. The van der Waals surface area contributed by atoms with Crippen LogP contribution in [0.15, 0.2) is 48.5 Å². The first kappa shape index (κ1) is 14.6. The molecule has 0 aliphatic heterocycles. The van der Waals surface area contributed by atoms with Gasteiger partial charge >= 0.3 is 5.97 Å². The van der Waals surface area contributed by atoms with Gasteiger partial charge in [0.15, 0.2) is 5.78 Å². The van der Waals surface area contributed by atoms with Crippen molar-refractivity contribution in [2.45, 2.75) is 13.3 Å². The number of aromatic nitrogens is 1. The minimum absolute atomic E-state index is 0.350. The maximum absolute atomic E-state index is 12.0. The third kappa shape index (κ3) is 3.60. The first-order valence-corrected chi connectivity index (χ1v) is 6.37. The number of aryl methyl sites for hydroxylation is 1. The smallest absolute Gasteiger partial charge is 0.371 e. The van der Waals surface area contributed by atoms with Crippen LogP contribution in [0.4, 0.5) is 0 Å². The van der Waals surface area contributed by atoms with Crippen LogP contribution < -0.4 is 0 Å². The number of carboxylic acid groups (broad SMARTS) is 1. The molecule has 0 amide bonds. The number of aliphatic hydroxyl groups is 1. The van der Waals surface area contributed by atoms with Gasteiger partial charge in [0.2, 0.25) is 5.76 Å². The van der Waals surface area contributed by atoms with Crippen molar-refractivity contribution >= 4 is 11.8 Å². The fraction of sp³-hybridized carbons (Fsp3) is 0.125. The van der Waals surface area contributed by atoms with Crippen molar-refractivity contribution in [3.63, 3.8) is 0 Å². The van der Waals surface area contributed by atoms with Gasteiger partial charge in [-0.3, -0.25) is 4.79 Å². The number of aliphatic carboxylic acids is 1. The molecular formula is C16H15NO4. The van der Waals surface area contributed by atoms with Crippen LogP contribution in [0.1, 0.15) is 27.0 Å². The summed E-state index contributed by atoms with van der Waals surface area (Å²) in [5.41, 5.74) is 3.29. The van der Waals surface area contributed by atoms with Gasteiger partial charge in [0, 0.05) is 24.0 Å². The van der Waals surface area contributed by atoms with E-state index in [9.17, 15) is 9.59 Å². The molecule has 2 aromatic rings. The molecule has 0 spiro atoms. The predicted octanol–water partition coefficient (Wildman–Crippen LogP) is 2.62. The summed E-state index contributed by atoms with van der Waals surface area (Å²) in [5.74, 6) is -3.04. The molecule has 0 aliphatic carbocycles. The highest BCUT2D eigenvalue weighted by Gasteiger charge is 2.14. The highest BCUT2D eigenvalue weighted by molar-refractivity contribution is 6.08. The van der Waals surface area contributed by atoms with E-state index >= 15 is 0 Å². The Bertz CT molecular complexity index is 695. The van der Waals surface area contributed by atoms with E-state index in [0.29, 0.717) is 18.1 Å². The molecular weight excluding hydrogens is 270 g/mol. The Morgan fingerprint density at radius 3 is 2.43 bits per heavy atom. The van der Waals surface area contributed by atoms with Crippen LogP contribution in [-0.4, -0.2) is 26.9 Å². The molecule has 1 aromatic carbocycles. The number of carboxylic acids is 1. The fourth-order valence-electron chi connectivity index (χ4n) is 1.96. The maximum atomic E-state index is 12.0. The Balaban J connectivity index is 2.22. The second-order valence-electron chi connectivity index (χ2n) is 4.76. The van der Waals surface area contributed by atoms with Crippen LogP contribution in [0.2, 0.25) is 0 Å². The van der Waals surface area contributed by atoms with E-state index in [2.05, 4.69) is 4.98 Å². The van der Waals surface area contributed by atoms with Crippen LogP contribution in [0, 0.1) is 6.92 Å². The average Bonchev–Trinajstić information content (AvgIpc) is 2.89. The lowest BCUT2D eigenvalue weighted by atomic mass is 10.0. The minimum Gasteiger partial charge on any atom is -0.502 e. The Labute approximate surface area is 121 Å². The Hall–Kier alpha value is -2.82. The summed E-state index contributed by atoms with van der Waals surface area (Å²) in [6.45, 7) is 1.99. The van der Waals surface area contributed by atoms with Gasteiger partial charge in [0.25, 0.3) is 0 Å². The quantitative estimate of drug-likeness (QED) is 0.447. The van der Waals surface area contributed by atoms with Gasteiger partial charge in [0.1, 0.15) is 0 Å². The summed E-state index contributed by atoms with van der Waals surface area (Å²) in [5, 5.41) is 17.7. The lowest BCUT2D eigenvalue weighted by Crippen LogP contribution is -2.05. The first-order valence-electron chi connectivity index (χ1n) is 6.37. The normalized spacial score (nSPS) is 11.4. The number of aliphatic hydroxyl groups excluding tert-OH is 1. The van der Waals surface area contributed by atoms with E-state index < -0.39 is 17.5 Å². The molecule has 0 saturated heterocycles.